The van der Waals surface area contributed by atoms with E-state index in [0.29, 0.717) is 22.9 Å². The maximum Gasteiger partial charge on any atom is 0.244 e. The molecule has 3 aromatic carbocycles. The smallest absolute Gasteiger partial charge is 0.244 e. The lowest BCUT2D eigenvalue weighted by Crippen LogP contribution is -2.48. The van der Waals surface area contributed by atoms with Gasteiger partial charge in [-0.15, -0.1) is 0 Å². The van der Waals surface area contributed by atoms with E-state index in [1.165, 1.54) is 0 Å². The number of nitrogens with one attached hydrogen (secondary N) is 1. The molecular formula is C25H28N2O5S. The molecule has 0 saturated heterocycles. The van der Waals surface area contributed by atoms with Gasteiger partial charge in [-0.05, 0) is 56.3 Å². The van der Waals surface area contributed by atoms with Crippen molar-refractivity contribution < 1.29 is 22.7 Å². The molecule has 8 heteroatoms. The Morgan fingerprint density at radius 2 is 1.45 bits per heavy atom. The van der Waals surface area contributed by atoms with Crippen LogP contribution in [-0.4, -0.2) is 33.7 Å². The maximum absolute atomic E-state index is 13.0. The van der Waals surface area contributed by atoms with Gasteiger partial charge in [0, 0.05) is 5.56 Å². The number of methoxy groups -OCH3 is 1. The SMILES string of the molecule is COc1ccccc1[C@H](C)NC(=O)[C@@H](C)N(c1ccc(Oc2ccccc2)cc1)S(C)(=O)=O. The molecule has 0 spiro atoms. The number of rotatable bonds is 9. The predicted octanol–water partition coefficient (Wildman–Crippen LogP) is 4.52. The molecule has 0 aliphatic heterocycles. The number of hydrogen-bond acceptors (Lipinski definition) is 5. The molecule has 1 amide bonds. The quantitative estimate of drug-likeness (QED) is 0.499. The Kier molecular flexibility index (Phi) is 7.60. The molecule has 0 fully saturated rings. The van der Waals surface area contributed by atoms with Crippen molar-refractivity contribution in [2.75, 3.05) is 17.7 Å². The van der Waals surface area contributed by atoms with E-state index >= 15 is 0 Å². The molecule has 0 saturated carbocycles. The van der Waals surface area contributed by atoms with Crippen LogP contribution in [0.15, 0.2) is 78.9 Å². The maximum atomic E-state index is 13.0. The summed E-state index contributed by atoms with van der Waals surface area (Å²) in [7, 11) is -2.18. The fraction of sp³-hybridized carbons (Fsp3) is 0.240. The van der Waals surface area contributed by atoms with Crippen molar-refractivity contribution in [3.8, 4) is 17.2 Å². The van der Waals surface area contributed by atoms with E-state index in [0.717, 1.165) is 16.1 Å². The van der Waals surface area contributed by atoms with Gasteiger partial charge >= 0.3 is 0 Å². The van der Waals surface area contributed by atoms with Crippen LogP contribution in [0.2, 0.25) is 0 Å². The number of sulfonamides is 1. The van der Waals surface area contributed by atoms with Gasteiger partial charge in [0.2, 0.25) is 15.9 Å². The van der Waals surface area contributed by atoms with E-state index in [-0.39, 0.29) is 6.04 Å². The third kappa shape index (κ3) is 6.04. The predicted molar refractivity (Wildman–Crippen MR) is 129 cm³/mol. The summed E-state index contributed by atoms with van der Waals surface area (Å²) in [5.41, 5.74) is 1.17. The van der Waals surface area contributed by atoms with Crippen LogP contribution in [0.4, 0.5) is 5.69 Å². The summed E-state index contributed by atoms with van der Waals surface area (Å²) in [6, 6.07) is 21.9. The number of carbonyl (C=O) groups excluding carboxylic acids is 1. The molecule has 0 heterocycles. The Morgan fingerprint density at radius 1 is 0.879 bits per heavy atom. The van der Waals surface area contributed by atoms with Gasteiger partial charge in [-0.25, -0.2) is 8.42 Å². The zero-order chi connectivity index (χ0) is 24.0. The lowest BCUT2D eigenvalue weighted by atomic mass is 10.1. The van der Waals surface area contributed by atoms with E-state index in [9.17, 15) is 13.2 Å². The molecule has 3 rings (SSSR count). The summed E-state index contributed by atoms with van der Waals surface area (Å²) in [6.07, 6.45) is 1.08. The Balaban J connectivity index is 1.78. The van der Waals surface area contributed by atoms with Crippen molar-refractivity contribution in [1.82, 2.24) is 5.32 Å². The molecular weight excluding hydrogens is 440 g/mol. The van der Waals surface area contributed by atoms with E-state index in [1.807, 2.05) is 61.5 Å². The third-order valence-corrected chi connectivity index (χ3v) is 6.36. The number of amides is 1. The number of ether oxygens (including phenoxy) is 2. The van der Waals surface area contributed by atoms with Gasteiger partial charge in [0.05, 0.1) is 25.1 Å². The molecule has 3 aromatic rings. The summed E-state index contributed by atoms with van der Waals surface area (Å²) >= 11 is 0. The second-order valence-corrected chi connectivity index (χ2v) is 9.48. The van der Waals surface area contributed by atoms with Gasteiger partial charge in [-0.1, -0.05) is 36.4 Å². The molecule has 1 N–H and O–H groups in total. The first kappa shape index (κ1) is 24.1. The van der Waals surface area contributed by atoms with Crippen molar-refractivity contribution in [2.24, 2.45) is 0 Å². The molecule has 174 valence electrons. The fourth-order valence-electron chi connectivity index (χ4n) is 3.53. The highest BCUT2D eigenvalue weighted by atomic mass is 32.2. The van der Waals surface area contributed by atoms with Gasteiger partial charge in [0.1, 0.15) is 23.3 Å². The lowest BCUT2D eigenvalue weighted by molar-refractivity contribution is -0.122. The number of hydrogen-bond donors (Lipinski definition) is 1. The second-order valence-electron chi connectivity index (χ2n) is 7.62. The topological polar surface area (TPSA) is 84.9 Å². The molecule has 7 nitrogen and oxygen atoms in total. The average Bonchev–Trinajstić information content (AvgIpc) is 2.80. The number of carbonyl (C=O) groups is 1. The minimum absolute atomic E-state index is 0.366. The van der Waals surface area contributed by atoms with Crippen LogP contribution < -0.4 is 19.1 Å². The van der Waals surface area contributed by atoms with Crippen LogP contribution in [-0.2, 0) is 14.8 Å². The van der Waals surface area contributed by atoms with Gasteiger partial charge in [-0.2, -0.15) is 0 Å². The van der Waals surface area contributed by atoms with Crippen molar-refractivity contribution in [2.45, 2.75) is 25.9 Å². The highest BCUT2D eigenvalue weighted by Crippen LogP contribution is 2.28. The van der Waals surface area contributed by atoms with E-state index in [2.05, 4.69) is 5.32 Å². The average molecular weight is 469 g/mol. The Hall–Kier alpha value is -3.52. The summed E-state index contributed by atoms with van der Waals surface area (Å²) in [5, 5.41) is 2.89. The van der Waals surface area contributed by atoms with Crippen molar-refractivity contribution in [3.05, 3.63) is 84.4 Å². The van der Waals surface area contributed by atoms with Crippen molar-refractivity contribution >= 4 is 21.6 Å². The van der Waals surface area contributed by atoms with Crippen LogP contribution in [0, 0.1) is 0 Å². The molecule has 0 aromatic heterocycles. The minimum atomic E-state index is -3.74. The number of anilines is 1. The first-order valence-corrected chi connectivity index (χ1v) is 12.3. The summed E-state index contributed by atoms with van der Waals surface area (Å²) in [4.78, 5) is 13.0. The first-order valence-electron chi connectivity index (χ1n) is 10.5. The van der Waals surface area contributed by atoms with Crippen LogP contribution in [0.25, 0.3) is 0 Å². The molecule has 0 bridgehead atoms. The zero-order valence-electron chi connectivity index (χ0n) is 19.1. The standard InChI is InChI=1S/C25H28N2O5S/c1-18(23-12-8-9-13-24(23)31-3)26-25(28)19(2)27(33(4,29)30)20-14-16-22(17-15-20)32-21-10-6-5-7-11-21/h5-19H,1-4H3,(H,26,28)/t18-,19+/m0/s1. The van der Waals surface area contributed by atoms with Crippen LogP contribution in [0.1, 0.15) is 25.5 Å². The Bertz CT molecular complexity index is 1180. The molecule has 0 unspecified atom stereocenters. The normalized spacial score (nSPS) is 13.0. The highest BCUT2D eigenvalue weighted by molar-refractivity contribution is 7.92. The zero-order valence-corrected chi connectivity index (χ0v) is 19.9. The summed E-state index contributed by atoms with van der Waals surface area (Å²) in [6.45, 7) is 3.38. The van der Waals surface area contributed by atoms with Gasteiger partial charge in [0.15, 0.2) is 0 Å². The lowest BCUT2D eigenvalue weighted by Gasteiger charge is -2.29. The third-order valence-electron chi connectivity index (χ3n) is 5.12. The summed E-state index contributed by atoms with van der Waals surface area (Å²) in [5.74, 6) is 1.44. The van der Waals surface area contributed by atoms with E-state index in [1.54, 1.807) is 38.3 Å². The van der Waals surface area contributed by atoms with Crippen LogP contribution in [0.5, 0.6) is 17.2 Å². The van der Waals surface area contributed by atoms with Gasteiger partial charge < -0.3 is 14.8 Å². The Labute approximate surface area is 195 Å². The highest BCUT2D eigenvalue weighted by Gasteiger charge is 2.30. The number of para-hydroxylation sites is 2. The molecule has 33 heavy (non-hydrogen) atoms. The minimum Gasteiger partial charge on any atom is -0.496 e. The Morgan fingerprint density at radius 3 is 2.06 bits per heavy atom. The van der Waals surface area contributed by atoms with Gasteiger partial charge in [0.25, 0.3) is 0 Å². The largest absolute Gasteiger partial charge is 0.496 e. The van der Waals surface area contributed by atoms with Crippen LogP contribution >= 0.6 is 0 Å². The number of benzene rings is 3. The van der Waals surface area contributed by atoms with Crippen molar-refractivity contribution in [3.63, 3.8) is 0 Å². The number of nitrogens with zero attached hydrogens (tertiary/aromatic N) is 1. The van der Waals surface area contributed by atoms with Gasteiger partial charge in [-0.3, -0.25) is 9.10 Å². The van der Waals surface area contributed by atoms with Crippen LogP contribution in [0.3, 0.4) is 0 Å². The molecule has 2 atom stereocenters. The molecule has 0 radical (unpaired) electrons. The second kappa shape index (κ2) is 10.4. The monoisotopic (exact) mass is 468 g/mol. The molecule has 0 aliphatic rings. The molecule has 0 aliphatic carbocycles. The van der Waals surface area contributed by atoms with Crippen molar-refractivity contribution in [1.29, 1.82) is 0 Å². The van der Waals surface area contributed by atoms with E-state index in [4.69, 9.17) is 9.47 Å². The first-order chi connectivity index (χ1) is 15.7. The van der Waals surface area contributed by atoms with E-state index < -0.39 is 22.0 Å². The summed E-state index contributed by atoms with van der Waals surface area (Å²) < 4.78 is 37.4. The fourth-order valence-corrected chi connectivity index (χ4v) is 4.71.